The Kier molecular flexibility index (Phi) is 6.74. The molecular formula is C15H21NO. The van der Waals surface area contributed by atoms with E-state index >= 15 is 0 Å². The van der Waals surface area contributed by atoms with Crippen LogP contribution >= 0.6 is 0 Å². The van der Waals surface area contributed by atoms with E-state index in [1.165, 1.54) is 5.57 Å². The van der Waals surface area contributed by atoms with Crippen LogP contribution in [0.5, 0.6) is 0 Å². The zero-order valence-corrected chi connectivity index (χ0v) is 11.2. The highest BCUT2D eigenvalue weighted by Crippen LogP contribution is 2.27. The third-order valence-electron chi connectivity index (χ3n) is 2.33. The molecule has 0 spiro atoms. The molecule has 0 bridgehead atoms. The molecule has 2 nitrogen and oxygen atoms in total. The van der Waals surface area contributed by atoms with Crippen LogP contribution in [0.2, 0.25) is 0 Å². The van der Waals surface area contributed by atoms with Gasteiger partial charge in [0.15, 0.2) is 0 Å². The van der Waals surface area contributed by atoms with Crippen molar-refractivity contribution in [3.63, 3.8) is 0 Å². The summed E-state index contributed by atoms with van der Waals surface area (Å²) in [5, 5.41) is 8.52. The molecule has 1 aromatic carbocycles. The first-order valence-electron chi connectivity index (χ1n) is 5.71. The summed E-state index contributed by atoms with van der Waals surface area (Å²) >= 11 is 0. The largest absolute Gasteiger partial charge is 0.416 e. The van der Waals surface area contributed by atoms with E-state index in [0.717, 1.165) is 12.0 Å². The van der Waals surface area contributed by atoms with Gasteiger partial charge < -0.3 is 4.74 Å². The normalized spacial score (nSPS) is 12.4. The number of benzene rings is 1. The Balaban J connectivity index is 0.000000557. The van der Waals surface area contributed by atoms with Gasteiger partial charge in [-0.05, 0) is 32.8 Å². The lowest BCUT2D eigenvalue weighted by molar-refractivity contribution is 0.0463. The van der Waals surface area contributed by atoms with Crippen LogP contribution in [0.25, 0.3) is 0 Å². The minimum Gasteiger partial charge on any atom is -0.416 e. The van der Waals surface area contributed by atoms with Crippen molar-refractivity contribution in [1.29, 1.82) is 5.26 Å². The number of hydrogen-bond donors (Lipinski definition) is 0. The van der Waals surface area contributed by atoms with Crippen LogP contribution in [0.4, 0.5) is 0 Å². The van der Waals surface area contributed by atoms with Gasteiger partial charge in [0.2, 0.25) is 0 Å². The number of ether oxygens (including phenoxy) is 1. The van der Waals surface area contributed by atoms with E-state index in [9.17, 15) is 0 Å². The van der Waals surface area contributed by atoms with Gasteiger partial charge in [-0.1, -0.05) is 42.8 Å². The molecule has 0 amide bonds. The summed E-state index contributed by atoms with van der Waals surface area (Å²) in [6.07, 6.45) is 2.54. The molecule has 0 heterocycles. The number of rotatable bonds is 3. The maximum atomic E-state index is 8.52. The Bertz CT molecular complexity index is 374. The lowest BCUT2D eigenvalue weighted by Gasteiger charge is -2.25. The number of nitriles is 1. The highest BCUT2D eigenvalue weighted by atomic mass is 16.5. The molecule has 0 saturated heterocycles. The van der Waals surface area contributed by atoms with Crippen molar-refractivity contribution in [1.82, 2.24) is 0 Å². The van der Waals surface area contributed by atoms with Crippen LogP contribution < -0.4 is 0 Å². The first kappa shape index (κ1) is 15.2. The predicted octanol–water partition coefficient (Wildman–Crippen LogP) is 4.39. The highest BCUT2D eigenvalue weighted by Gasteiger charge is 2.25. The molecule has 0 radical (unpaired) electrons. The fourth-order valence-corrected chi connectivity index (χ4v) is 1.23. The van der Waals surface area contributed by atoms with Gasteiger partial charge in [0, 0.05) is 0 Å². The van der Waals surface area contributed by atoms with E-state index in [-0.39, 0.29) is 0 Å². The Morgan fingerprint density at radius 2 is 1.82 bits per heavy atom. The van der Waals surface area contributed by atoms with Crippen molar-refractivity contribution in [2.24, 2.45) is 0 Å². The molecule has 1 aromatic rings. The Labute approximate surface area is 105 Å². The number of allylic oxidation sites excluding steroid dienone is 1. The fraction of sp³-hybridized carbons (Fsp3) is 0.400. The molecule has 0 saturated carbocycles. The Hall–Kier alpha value is -1.75. The number of nitrogens with zero attached hydrogens (tertiary/aromatic N) is 1. The lowest BCUT2D eigenvalue weighted by Crippen LogP contribution is -2.22. The SMILES string of the molecule is C=C(C)C.CCC(C)(OC#N)c1ccccc1. The van der Waals surface area contributed by atoms with Gasteiger partial charge in [-0.3, -0.25) is 0 Å². The maximum Gasteiger partial charge on any atom is 0.287 e. The molecule has 2 heteroatoms. The summed E-state index contributed by atoms with van der Waals surface area (Å²) in [5.41, 5.74) is 1.73. The van der Waals surface area contributed by atoms with Crippen LogP contribution in [-0.4, -0.2) is 0 Å². The summed E-state index contributed by atoms with van der Waals surface area (Å²) in [6.45, 7) is 11.4. The predicted molar refractivity (Wildman–Crippen MR) is 71.3 cm³/mol. The average molecular weight is 231 g/mol. The van der Waals surface area contributed by atoms with E-state index < -0.39 is 5.60 Å². The second-order valence-corrected chi connectivity index (χ2v) is 4.35. The van der Waals surface area contributed by atoms with Crippen LogP contribution in [0.15, 0.2) is 42.5 Å². The quantitative estimate of drug-likeness (QED) is 0.571. The van der Waals surface area contributed by atoms with Gasteiger partial charge in [0.05, 0.1) is 0 Å². The van der Waals surface area contributed by atoms with Crippen molar-refractivity contribution in [3.8, 4) is 6.26 Å². The van der Waals surface area contributed by atoms with Gasteiger partial charge >= 0.3 is 0 Å². The second-order valence-electron chi connectivity index (χ2n) is 4.35. The summed E-state index contributed by atoms with van der Waals surface area (Å²) in [5.74, 6) is 0. The average Bonchev–Trinajstić information content (AvgIpc) is 2.30. The van der Waals surface area contributed by atoms with Crippen molar-refractivity contribution < 1.29 is 4.74 Å². The van der Waals surface area contributed by atoms with E-state index in [4.69, 9.17) is 10.00 Å². The summed E-state index contributed by atoms with van der Waals surface area (Å²) in [4.78, 5) is 0. The zero-order valence-electron chi connectivity index (χ0n) is 11.2. The molecule has 1 rings (SSSR count). The standard InChI is InChI=1S/C11H13NO.C4H8/c1-3-11(2,13-9-12)10-7-5-4-6-8-10;1-4(2)3/h4-8H,3H2,1-2H3;1H2,2-3H3. The molecule has 1 unspecified atom stereocenters. The topological polar surface area (TPSA) is 33.0 Å². The first-order valence-corrected chi connectivity index (χ1v) is 5.71. The minimum atomic E-state index is -0.476. The molecular weight excluding hydrogens is 210 g/mol. The Morgan fingerprint density at radius 3 is 2.18 bits per heavy atom. The first-order chi connectivity index (χ1) is 7.96. The summed E-state index contributed by atoms with van der Waals surface area (Å²) in [6, 6.07) is 9.79. The Morgan fingerprint density at radius 1 is 1.35 bits per heavy atom. The van der Waals surface area contributed by atoms with Crippen LogP contribution in [0.1, 0.15) is 39.7 Å². The molecule has 0 aliphatic rings. The van der Waals surface area contributed by atoms with Gasteiger partial charge in [0.1, 0.15) is 5.60 Å². The van der Waals surface area contributed by atoms with E-state index in [1.54, 1.807) is 6.26 Å². The van der Waals surface area contributed by atoms with E-state index in [2.05, 4.69) is 6.58 Å². The molecule has 92 valence electrons. The maximum absolute atomic E-state index is 8.52. The van der Waals surface area contributed by atoms with Gasteiger partial charge in [0.25, 0.3) is 6.26 Å². The highest BCUT2D eigenvalue weighted by molar-refractivity contribution is 5.21. The van der Waals surface area contributed by atoms with Gasteiger partial charge in [-0.2, -0.15) is 5.26 Å². The van der Waals surface area contributed by atoms with Crippen LogP contribution in [-0.2, 0) is 10.3 Å². The van der Waals surface area contributed by atoms with Crippen molar-refractivity contribution in [3.05, 3.63) is 48.0 Å². The molecule has 0 aliphatic heterocycles. The van der Waals surface area contributed by atoms with Crippen LogP contribution in [0.3, 0.4) is 0 Å². The fourth-order valence-electron chi connectivity index (χ4n) is 1.23. The third kappa shape index (κ3) is 5.77. The lowest BCUT2D eigenvalue weighted by atomic mass is 9.93. The second kappa shape index (κ2) is 7.51. The number of hydrogen-bond acceptors (Lipinski definition) is 2. The van der Waals surface area contributed by atoms with Crippen molar-refractivity contribution >= 4 is 0 Å². The van der Waals surface area contributed by atoms with Crippen molar-refractivity contribution in [2.45, 2.75) is 39.7 Å². The zero-order chi connectivity index (χ0) is 13.3. The van der Waals surface area contributed by atoms with Crippen LogP contribution in [0, 0.1) is 11.5 Å². The third-order valence-corrected chi connectivity index (χ3v) is 2.33. The van der Waals surface area contributed by atoms with E-state index in [1.807, 2.05) is 58.0 Å². The molecule has 0 N–H and O–H groups in total. The molecule has 0 fully saturated rings. The van der Waals surface area contributed by atoms with Gasteiger partial charge in [-0.15, -0.1) is 6.58 Å². The summed E-state index contributed by atoms with van der Waals surface area (Å²) < 4.78 is 5.07. The molecule has 1 atom stereocenters. The molecule has 0 aromatic heterocycles. The smallest absolute Gasteiger partial charge is 0.287 e. The minimum absolute atomic E-state index is 0.476. The molecule has 17 heavy (non-hydrogen) atoms. The summed E-state index contributed by atoms with van der Waals surface area (Å²) in [7, 11) is 0. The monoisotopic (exact) mass is 231 g/mol. The van der Waals surface area contributed by atoms with Gasteiger partial charge in [-0.25, -0.2) is 0 Å². The van der Waals surface area contributed by atoms with Crippen molar-refractivity contribution in [2.75, 3.05) is 0 Å². The van der Waals surface area contributed by atoms with E-state index in [0.29, 0.717) is 0 Å². The molecule has 0 aliphatic carbocycles.